The minimum atomic E-state index is 0.836. The van der Waals surface area contributed by atoms with E-state index in [0.29, 0.717) is 0 Å². The van der Waals surface area contributed by atoms with Gasteiger partial charge in [-0.25, -0.2) is 0 Å². The van der Waals surface area contributed by atoms with Gasteiger partial charge in [-0.05, 0) is 6.42 Å². The van der Waals surface area contributed by atoms with Crippen molar-refractivity contribution in [3.05, 3.63) is 0 Å². The lowest BCUT2D eigenvalue weighted by Crippen LogP contribution is -1.86. The van der Waals surface area contributed by atoms with Crippen molar-refractivity contribution in [2.75, 3.05) is 0 Å². The van der Waals surface area contributed by atoms with Crippen molar-refractivity contribution in [3.63, 3.8) is 0 Å². The maximum atomic E-state index is 2.55. The van der Waals surface area contributed by atoms with Gasteiger partial charge in [-0.2, -0.15) is 0 Å². The van der Waals surface area contributed by atoms with E-state index in [4.69, 9.17) is 0 Å². The quantitative estimate of drug-likeness (QED) is 0.0331. The van der Waals surface area contributed by atoms with Crippen LogP contribution in [0.3, 0.4) is 0 Å². The van der Waals surface area contributed by atoms with Gasteiger partial charge in [-0.15, -0.1) is 0 Å². The molecule has 0 aliphatic carbocycles. The summed E-state index contributed by atoms with van der Waals surface area (Å²) in [6, 6.07) is 0. The van der Waals surface area contributed by atoms with Gasteiger partial charge in [0.05, 0.1) is 1.93 Å². The molecule has 0 aliphatic heterocycles. The van der Waals surface area contributed by atoms with Crippen molar-refractivity contribution < 1.29 is 0 Å². The molecule has 0 rings (SSSR count). The molecular formula is C40H80I2. The topological polar surface area (TPSA) is 0 Å². The summed E-state index contributed by atoms with van der Waals surface area (Å²) in [6.45, 7) is 2.31. The van der Waals surface area contributed by atoms with E-state index in [0.717, 1.165) is 1.93 Å². The van der Waals surface area contributed by atoms with Crippen LogP contribution in [0.1, 0.15) is 251 Å². The standard InChI is InChI=1S/C40H80I2/c1-2-3-4-5-6-7-8-9-10-11-12-13-14-15-16-17-18-19-20-21-22-23-24-25-26-27-28-29-30-31-32-33-34-35-36-37-38-39-40(41)42/h40H,2-39H2,1H3. The molecule has 0 saturated carbocycles. The number of alkyl halides is 2. The van der Waals surface area contributed by atoms with Crippen LogP contribution in [0.5, 0.6) is 0 Å². The number of hydrogen-bond donors (Lipinski definition) is 0. The first kappa shape index (κ1) is 43.5. The SMILES string of the molecule is CCCCCCCCCCCCCCCCCCCCCCCCCCCCCCCCCCCCCCCC(I)I. The van der Waals surface area contributed by atoms with Crippen LogP contribution in [0.15, 0.2) is 0 Å². The molecular weight excluding hydrogens is 734 g/mol. The van der Waals surface area contributed by atoms with Gasteiger partial charge < -0.3 is 0 Å². The molecule has 2 heteroatoms. The van der Waals surface area contributed by atoms with E-state index in [2.05, 4.69) is 52.1 Å². The van der Waals surface area contributed by atoms with Crippen molar-refractivity contribution in [2.24, 2.45) is 0 Å². The van der Waals surface area contributed by atoms with E-state index in [-0.39, 0.29) is 0 Å². The van der Waals surface area contributed by atoms with Gasteiger partial charge in [0.25, 0.3) is 0 Å². The second kappa shape index (κ2) is 40.5. The summed E-state index contributed by atoms with van der Waals surface area (Å²) < 4.78 is 0.836. The highest BCUT2D eigenvalue weighted by atomic mass is 127. The first-order chi connectivity index (χ1) is 20.8. The molecule has 0 aromatic carbocycles. The van der Waals surface area contributed by atoms with E-state index in [9.17, 15) is 0 Å². The van der Waals surface area contributed by atoms with Gasteiger partial charge in [0.15, 0.2) is 0 Å². The van der Waals surface area contributed by atoms with Gasteiger partial charge in [0.1, 0.15) is 0 Å². The lowest BCUT2D eigenvalue weighted by atomic mass is 10.0. The molecule has 0 atom stereocenters. The lowest BCUT2D eigenvalue weighted by molar-refractivity contribution is 0.510. The van der Waals surface area contributed by atoms with Crippen molar-refractivity contribution in [1.29, 1.82) is 0 Å². The van der Waals surface area contributed by atoms with E-state index < -0.39 is 0 Å². The van der Waals surface area contributed by atoms with E-state index in [1.807, 2.05) is 0 Å². The van der Waals surface area contributed by atoms with Crippen LogP contribution in [-0.2, 0) is 0 Å². The molecule has 0 spiro atoms. The summed E-state index contributed by atoms with van der Waals surface area (Å²) in [5, 5.41) is 0. The van der Waals surface area contributed by atoms with E-state index in [1.165, 1.54) is 244 Å². The molecule has 0 amide bonds. The predicted octanol–water partition coefficient (Wildman–Crippen LogP) is 17.0. The van der Waals surface area contributed by atoms with Gasteiger partial charge in [0.2, 0.25) is 0 Å². The Balaban J connectivity index is 3.03. The fourth-order valence-electron chi connectivity index (χ4n) is 6.56. The summed E-state index contributed by atoms with van der Waals surface area (Å²) >= 11 is 5.09. The third-order valence-corrected chi connectivity index (χ3v) is 10.8. The Morgan fingerprint density at radius 2 is 0.381 bits per heavy atom. The predicted molar refractivity (Wildman–Crippen MR) is 213 cm³/mol. The molecule has 0 radical (unpaired) electrons. The van der Waals surface area contributed by atoms with Crippen LogP contribution in [0.2, 0.25) is 0 Å². The fraction of sp³-hybridized carbons (Fsp3) is 1.00. The molecule has 254 valence electrons. The second-order valence-electron chi connectivity index (χ2n) is 13.9. The molecule has 42 heavy (non-hydrogen) atoms. The van der Waals surface area contributed by atoms with Crippen LogP contribution in [0.4, 0.5) is 0 Å². The molecule has 0 bridgehead atoms. The lowest BCUT2D eigenvalue weighted by Gasteiger charge is -2.05. The van der Waals surface area contributed by atoms with E-state index in [1.54, 1.807) is 0 Å². The Bertz CT molecular complexity index is 449. The smallest absolute Gasteiger partial charge is 0.0626 e. The van der Waals surface area contributed by atoms with Gasteiger partial charge in [-0.3, -0.25) is 0 Å². The Kier molecular flexibility index (Phi) is 41.9. The van der Waals surface area contributed by atoms with Crippen molar-refractivity contribution >= 4 is 45.2 Å². The average molecular weight is 815 g/mol. The molecule has 0 aromatic rings. The van der Waals surface area contributed by atoms with Crippen LogP contribution >= 0.6 is 45.2 Å². The highest BCUT2D eigenvalue weighted by molar-refractivity contribution is 14.2. The van der Waals surface area contributed by atoms with Crippen molar-refractivity contribution in [3.8, 4) is 0 Å². The molecule has 0 aromatic heterocycles. The summed E-state index contributed by atoms with van der Waals surface area (Å²) in [5.41, 5.74) is 0. The minimum absolute atomic E-state index is 0.836. The number of unbranched alkanes of at least 4 members (excludes halogenated alkanes) is 36. The Morgan fingerprint density at radius 1 is 0.238 bits per heavy atom. The largest absolute Gasteiger partial charge is 0.0710 e. The monoisotopic (exact) mass is 814 g/mol. The number of rotatable bonds is 38. The number of halogens is 2. The zero-order valence-corrected chi connectivity index (χ0v) is 33.5. The average Bonchev–Trinajstić information content (AvgIpc) is 2.98. The minimum Gasteiger partial charge on any atom is -0.0710 e. The van der Waals surface area contributed by atoms with Crippen LogP contribution in [0.25, 0.3) is 0 Å². The van der Waals surface area contributed by atoms with Gasteiger partial charge in [-0.1, -0.05) is 290 Å². The van der Waals surface area contributed by atoms with Crippen molar-refractivity contribution in [1.82, 2.24) is 0 Å². The Hall–Kier alpha value is 1.46. The van der Waals surface area contributed by atoms with Gasteiger partial charge in [0, 0.05) is 0 Å². The zero-order chi connectivity index (χ0) is 30.4. The highest BCUT2D eigenvalue weighted by Gasteiger charge is 1.99. The summed E-state index contributed by atoms with van der Waals surface area (Å²) in [7, 11) is 0. The summed E-state index contributed by atoms with van der Waals surface area (Å²) in [5.74, 6) is 0. The maximum Gasteiger partial charge on any atom is 0.0626 e. The summed E-state index contributed by atoms with van der Waals surface area (Å²) in [6.07, 6.45) is 56.3. The first-order valence-electron chi connectivity index (χ1n) is 20.1. The van der Waals surface area contributed by atoms with Gasteiger partial charge >= 0.3 is 0 Å². The number of hydrogen-bond acceptors (Lipinski definition) is 0. The molecule has 0 unspecified atom stereocenters. The van der Waals surface area contributed by atoms with E-state index >= 15 is 0 Å². The zero-order valence-electron chi connectivity index (χ0n) is 29.2. The second-order valence-corrected chi connectivity index (χ2v) is 19.3. The maximum absolute atomic E-state index is 2.55. The molecule has 0 N–H and O–H groups in total. The summed E-state index contributed by atoms with van der Waals surface area (Å²) in [4.78, 5) is 0. The normalized spacial score (nSPS) is 11.7. The van der Waals surface area contributed by atoms with Crippen LogP contribution < -0.4 is 0 Å². The molecule has 0 nitrogen and oxygen atoms in total. The van der Waals surface area contributed by atoms with Crippen LogP contribution in [0, 0.1) is 0 Å². The van der Waals surface area contributed by atoms with Crippen LogP contribution in [-0.4, -0.2) is 1.93 Å². The molecule has 0 fully saturated rings. The van der Waals surface area contributed by atoms with Crippen molar-refractivity contribution in [2.45, 2.75) is 253 Å². The first-order valence-corrected chi connectivity index (χ1v) is 22.5. The molecule has 0 aliphatic rings. The Labute approximate surface area is 295 Å². The highest BCUT2D eigenvalue weighted by Crippen LogP contribution is 2.20. The third kappa shape index (κ3) is 41.5. The fourth-order valence-corrected chi connectivity index (χ4v) is 7.44. The Morgan fingerprint density at radius 3 is 0.524 bits per heavy atom. The molecule has 0 heterocycles. The molecule has 0 saturated heterocycles. The third-order valence-electron chi connectivity index (χ3n) is 9.53.